The molecule has 0 aromatic rings. The molecule has 0 amide bonds. The summed E-state index contributed by atoms with van der Waals surface area (Å²) in [6.07, 6.45) is 5.35. The predicted octanol–water partition coefficient (Wildman–Crippen LogP) is 1.64. The van der Waals surface area contributed by atoms with Crippen molar-refractivity contribution in [2.45, 2.75) is 32.6 Å². The second-order valence-electron chi connectivity index (χ2n) is 6.43. The maximum absolute atomic E-state index is 6.05. The summed E-state index contributed by atoms with van der Waals surface area (Å²) in [5.74, 6) is 0.904. The first-order valence-electron chi connectivity index (χ1n) is 7.01. The van der Waals surface area contributed by atoms with Crippen LogP contribution in [0.4, 0.5) is 0 Å². The average Bonchev–Trinajstić information content (AvgIpc) is 2.30. The first-order valence-corrected chi connectivity index (χ1v) is 7.01. The van der Waals surface area contributed by atoms with Crippen LogP contribution in [0.5, 0.6) is 0 Å². The van der Waals surface area contributed by atoms with E-state index in [1.54, 1.807) is 0 Å². The Labute approximate surface area is 107 Å². The van der Waals surface area contributed by atoms with Crippen molar-refractivity contribution in [3.63, 3.8) is 0 Å². The van der Waals surface area contributed by atoms with Gasteiger partial charge in [0.15, 0.2) is 0 Å². The molecule has 3 heteroatoms. The zero-order chi connectivity index (χ0) is 12.9. The fourth-order valence-electron chi connectivity index (χ4n) is 2.82. The van der Waals surface area contributed by atoms with Crippen LogP contribution < -0.4 is 5.73 Å². The normalized spacial score (nSPS) is 30.2. The third-order valence-electron chi connectivity index (χ3n) is 4.30. The molecule has 2 N–H and O–H groups in total. The van der Waals surface area contributed by atoms with Crippen molar-refractivity contribution in [2.75, 3.05) is 47.3 Å². The van der Waals surface area contributed by atoms with Crippen LogP contribution in [0, 0.1) is 11.3 Å². The van der Waals surface area contributed by atoms with Gasteiger partial charge in [0, 0.05) is 19.6 Å². The maximum Gasteiger partial charge on any atom is 0.0106 e. The minimum absolute atomic E-state index is 0.396. The molecule has 0 aromatic carbocycles. The van der Waals surface area contributed by atoms with E-state index in [4.69, 9.17) is 5.73 Å². The van der Waals surface area contributed by atoms with E-state index in [-0.39, 0.29) is 0 Å². The van der Waals surface area contributed by atoms with Gasteiger partial charge in [0.2, 0.25) is 0 Å². The molecule has 0 unspecified atom stereocenters. The predicted molar refractivity (Wildman–Crippen MR) is 75.2 cm³/mol. The highest BCUT2D eigenvalue weighted by Gasteiger charge is 2.33. The van der Waals surface area contributed by atoms with Gasteiger partial charge in [0.1, 0.15) is 0 Å². The van der Waals surface area contributed by atoms with E-state index in [0.717, 1.165) is 25.6 Å². The molecular formula is C14H31N3. The molecule has 1 fully saturated rings. The Bertz CT molecular complexity index is 208. The SMILES string of the molecule is CC1CCC(CN)(CN(C)CCN(C)C)CC1. The lowest BCUT2D eigenvalue weighted by Crippen LogP contribution is -2.44. The minimum atomic E-state index is 0.396. The van der Waals surface area contributed by atoms with E-state index in [1.165, 1.54) is 32.2 Å². The van der Waals surface area contributed by atoms with Crippen molar-refractivity contribution in [3.05, 3.63) is 0 Å². The minimum Gasteiger partial charge on any atom is -0.330 e. The number of nitrogens with two attached hydrogens (primary N) is 1. The molecule has 0 saturated heterocycles. The quantitative estimate of drug-likeness (QED) is 0.767. The molecule has 0 heterocycles. The monoisotopic (exact) mass is 241 g/mol. The van der Waals surface area contributed by atoms with Crippen molar-refractivity contribution in [2.24, 2.45) is 17.1 Å². The van der Waals surface area contributed by atoms with Crippen molar-refractivity contribution >= 4 is 0 Å². The lowest BCUT2D eigenvalue weighted by atomic mass is 9.70. The molecule has 3 nitrogen and oxygen atoms in total. The molecule has 1 rings (SSSR count). The smallest absolute Gasteiger partial charge is 0.0106 e. The fourth-order valence-corrected chi connectivity index (χ4v) is 2.82. The summed E-state index contributed by atoms with van der Waals surface area (Å²) in [4.78, 5) is 4.71. The third kappa shape index (κ3) is 4.94. The molecule has 1 aliphatic rings. The average molecular weight is 241 g/mol. The molecule has 0 radical (unpaired) electrons. The summed E-state index contributed by atoms with van der Waals surface area (Å²) in [5, 5.41) is 0. The lowest BCUT2D eigenvalue weighted by Gasteiger charge is -2.41. The molecule has 0 aliphatic heterocycles. The lowest BCUT2D eigenvalue weighted by molar-refractivity contribution is 0.105. The number of nitrogens with zero attached hydrogens (tertiary/aromatic N) is 2. The Morgan fingerprint density at radius 2 is 1.71 bits per heavy atom. The summed E-state index contributed by atoms with van der Waals surface area (Å²) in [5.41, 5.74) is 6.45. The van der Waals surface area contributed by atoms with E-state index in [1.807, 2.05) is 0 Å². The molecule has 1 saturated carbocycles. The van der Waals surface area contributed by atoms with Gasteiger partial charge in [0.05, 0.1) is 0 Å². The van der Waals surface area contributed by atoms with Crippen LogP contribution in [-0.4, -0.2) is 57.1 Å². The maximum atomic E-state index is 6.05. The van der Waals surface area contributed by atoms with Gasteiger partial charge in [0.25, 0.3) is 0 Å². The van der Waals surface area contributed by atoms with E-state index < -0.39 is 0 Å². The molecule has 17 heavy (non-hydrogen) atoms. The number of likely N-dealkylation sites (N-methyl/N-ethyl adjacent to an activating group) is 2. The van der Waals surface area contributed by atoms with Gasteiger partial charge < -0.3 is 15.5 Å². The number of hydrogen-bond acceptors (Lipinski definition) is 3. The van der Waals surface area contributed by atoms with Gasteiger partial charge in [-0.05, 0) is 51.9 Å². The topological polar surface area (TPSA) is 32.5 Å². The number of rotatable bonds is 6. The largest absolute Gasteiger partial charge is 0.330 e. The van der Waals surface area contributed by atoms with Crippen molar-refractivity contribution in [1.29, 1.82) is 0 Å². The van der Waals surface area contributed by atoms with E-state index >= 15 is 0 Å². The Morgan fingerprint density at radius 3 is 2.18 bits per heavy atom. The molecule has 1 aliphatic carbocycles. The van der Waals surface area contributed by atoms with Gasteiger partial charge in [-0.1, -0.05) is 19.8 Å². The van der Waals surface area contributed by atoms with Crippen LogP contribution in [0.3, 0.4) is 0 Å². The Balaban J connectivity index is 2.40. The molecule has 0 spiro atoms. The third-order valence-corrected chi connectivity index (χ3v) is 4.30. The van der Waals surface area contributed by atoms with Gasteiger partial charge >= 0.3 is 0 Å². The standard InChI is InChI=1S/C14H31N3/c1-13-5-7-14(11-15,8-6-13)12-17(4)10-9-16(2)3/h13H,5-12,15H2,1-4H3. The van der Waals surface area contributed by atoms with Crippen LogP contribution in [0.15, 0.2) is 0 Å². The van der Waals surface area contributed by atoms with Gasteiger partial charge in [-0.3, -0.25) is 0 Å². The van der Waals surface area contributed by atoms with Gasteiger partial charge in [-0.2, -0.15) is 0 Å². The van der Waals surface area contributed by atoms with Gasteiger partial charge in [-0.25, -0.2) is 0 Å². The van der Waals surface area contributed by atoms with Crippen LogP contribution in [0.25, 0.3) is 0 Å². The van der Waals surface area contributed by atoms with E-state index in [2.05, 4.69) is 37.9 Å². The zero-order valence-corrected chi connectivity index (χ0v) is 12.2. The summed E-state index contributed by atoms with van der Waals surface area (Å²) < 4.78 is 0. The zero-order valence-electron chi connectivity index (χ0n) is 12.2. The van der Waals surface area contributed by atoms with Crippen molar-refractivity contribution in [1.82, 2.24) is 9.80 Å². The Morgan fingerprint density at radius 1 is 1.12 bits per heavy atom. The van der Waals surface area contributed by atoms with Crippen LogP contribution >= 0.6 is 0 Å². The molecule has 0 bridgehead atoms. The highest BCUT2D eigenvalue weighted by Crippen LogP contribution is 2.38. The first-order chi connectivity index (χ1) is 7.97. The van der Waals surface area contributed by atoms with E-state index in [9.17, 15) is 0 Å². The fraction of sp³-hybridized carbons (Fsp3) is 1.00. The molecule has 0 aromatic heterocycles. The summed E-state index contributed by atoms with van der Waals surface area (Å²) >= 11 is 0. The van der Waals surface area contributed by atoms with Crippen LogP contribution in [-0.2, 0) is 0 Å². The molecular weight excluding hydrogens is 210 g/mol. The Hall–Kier alpha value is -0.120. The summed E-state index contributed by atoms with van der Waals surface area (Å²) in [6, 6.07) is 0. The van der Waals surface area contributed by atoms with E-state index in [0.29, 0.717) is 5.41 Å². The number of hydrogen-bond donors (Lipinski definition) is 1. The Kier molecular flexibility index (Phi) is 5.90. The second-order valence-corrected chi connectivity index (χ2v) is 6.43. The highest BCUT2D eigenvalue weighted by atomic mass is 15.2. The van der Waals surface area contributed by atoms with Crippen molar-refractivity contribution in [3.8, 4) is 0 Å². The summed E-state index contributed by atoms with van der Waals surface area (Å²) in [6.45, 7) is 6.67. The summed E-state index contributed by atoms with van der Waals surface area (Å²) in [7, 11) is 6.50. The van der Waals surface area contributed by atoms with Crippen molar-refractivity contribution < 1.29 is 0 Å². The molecule has 0 atom stereocenters. The van der Waals surface area contributed by atoms with Gasteiger partial charge in [-0.15, -0.1) is 0 Å². The highest BCUT2D eigenvalue weighted by molar-refractivity contribution is 4.87. The second kappa shape index (κ2) is 6.72. The molecule has 102 valence electrons. The van der Waals surface area contributed by atoms with Crippen LogP contribution in [0.1, 0.15) is 32.6 Å². The first kappa shape index (κ1) is 14.9. The van der Waals surface area contributed by atoms with Crippen LogP contribution in [0.2, 0.25) is 0 Å².